The fourth-order valence-electron chi connectivity index (χ4n) is 8.25. The number of nitrogens with zero attached hydrogens (tertiary/aromatic N) is 4. The van der Waals surface area contributed by atoms with E-state index in [0.29, 0.717) is 10.8 Å². The molecule has 1 aliphatic heterocycles. The lowest BCUT2D eigenvalue weighted by atomic mass is 9.93. The van der Waals surface area contributed by atoms with Crippen LogP contribution in [0.25, 0.3) is 21.5 Å². The average molecular weight is 1480 g/mol. The van der Waals surface area contributed by atoms with Crippen molar-refractivity contribution in [3.05, 3.63) is 72.8 Å². The van der Waals surface area contributed by atoms with Crippen LogP contribution in [-0.2, 0) is 77.0 Å². The van der Waals surface area contributed by atoms with Crippen molar-refractivity contribution in [2.24, 2.45) is 20.8 Å². The molecule has 0 bridgehead atoms. The van der Waals surface area contributed by atoms with Crippen molar-refractivity contribution < 1.29 is 113 Å². The summed E-state index contributed by atoms with van der Waals surface area (Å²) >= 11 is 0. The molecule has 1 heterocycles. The number of hydrogen-bond acceptors (Lipinski definition) is 28. The van der Waals surface area contributed by atoms with Gasteiger partial charge in [0.05, 0.1) is 36.1 Å². The van der Waals surface area contributed by atoms with Gasteiger partial charge in [0, 0.05) is 74.2 Å². The number of sulfonamides is 2. The molecule has 1 aliphatic rings. The van der Waals surface area contributed by atoms with E-state index in [0.717, 1.165) is 22.1 Å². The zero-order chi connectivity index (χ0) is 77.2. The van der Waals surface area contributed by atoms with E-state index >= 15 is 0 Å². The summed E-state index contributed by atoms with van der Waals surface area (Å²) in [5.41, 5.74) is -4.24. The fourth-order valence-corrected chi connectivity index (χ4v) is 10.7. The maximum Gasteiger partial charge on any atom is 0.508 e. The number of amides is 4. The predicted octanol–water partition coefficient (Wildman–Crippen LogP) is 6.57. The van der Waals surface area contributed by atoms with Crippen LogP contribution in [0.3, 0.4) is 0 Å². The highest BCUT2D eigenvalue weighted by Crippen LogP contribution is 2.32. The molecule has 4 aromatic rings. The average Bonchev–Trinajstić information content (AvgIpc) is 0.783. The molecule has 36 heteroatoms. The van der Waals surface area contributed by atoms with Gasteiger partial charge in [-0.1, -0.05) is 48.5 Å². The predicted molar refractivity (Wildman–Crippen MR) is 376 cm³/mol. The normalized spacial score (nSPS) is 13.5. The van der Waals surface area contributed by atoms with E-state index in [2.05, 4.69) is 40.7 Å². The van der Waals surface area contributed by atoms with Gasteiger partial charge in [-0.25, -0.2) is 65.0 Å². The molecule has 0 aliphatic carbocycles. The van der Waals surface area contributed by atoms with Crippen molar-refractivity contribution >= 4 is 114 Å². The summed E-state index contributed by atoms with van der Waals surface area (Å²) in [5.74, 6) is -2.16. The second-order valence-electron chi connectivity index (χ2n) is 27.3. The number of aliphatic hydroxyl groups is 2. The lowest BCUT2D eigenvalue weighted by Crippen LogP contribution is -2.47. The molecule has 0 radical (unpaired) electrons. The number of hydrogen-bond donors (Lipinski definition) is 8. The van der Waals surface area contributed by atoms with Gasteiger partial charge in [-0.15, -0.1) is 0 Å². The minimum absolute atomic E-state index is 0.00604. The Balaban J connectivity index is 0.000000445. The zero-order valence-corrected chi connectivity index (χ0v) is 62.5. The Hall–Kier alpha value is -9.36. The Labute approximate surface area is 594 Å². The zero-order valence-electron chi connectivity index (χ0n) is 60.9. The highest BCUT2D eigenvalue weighted by atomic mass is 32.2. The fraction of sp³-hybridized carbons (Fsp3) is 0.545. The maximum atomic E-state index is 13.1. The number of carbonyl (C=O) groups excluding carboxylic acids is 8. The van der Waals surface area contributed by atoms with E-state index in [1.165, 1.54) is 19.9 Å². The SMILES string of the molecule is CC(C)(C)OC(=O)NC(=NCCOC(=O)C1(C)COC(=O)OC1)NC(=O)OC(C)(C)C.CN(C)c1cccc2c(S(=O)(=O)NCCO)cccc12.CN(C)c1cccc2c(S(=O)(=O)NCCOC(=O)OCC(C)(CO)C(=O)OCCN=C(NC(=O)OC(C)(C)C)NC(=O)OC(C)(C)C)cccc12. The molecule has 34 nitrogen and oxygen atoms in total. The van der Waals surface area contributed by atoms with Crippen molar-refractivity contribution in [2.45, 2.75) is 129 Å². The smallest absolute Gasteiger partial charge is 0.463 e. The standard InChI is InChI=1S/C33H49N5O12S.C19H31N3O9.C14H18N2O3S/c1-31(2,3)49-28(41)36-27(37-29(42)50-32(4,5)6)34-16-18-46-26(40)33(7,20-39)21-48-30(43)47-19-17-35-51(44,45)25-15-11-12-22-23(25)13-10-14-24(22)38(8)9;1-17(2,3)30-14(24)21-13(22-15(25)31-18(4,5)6)20-8-9-27-12(23)19(7)10-28-16(26)29-11-19;1-16(2)13-7-3-6-12-11(13)5-4-8-14(12)20(18,19)15-9-10-17/h10-15,35,39H,16-21H2,1-9H3,(H2,34,36,37,41,42);8-11H2,1-7H3,(H2,20,21,22,24,25);3-8,15,17H,9-10H2,1-2H3. The molecule has 1 unspecified atom stereocenters. The molecule has 0 spiro atoms. The highest BCUT2D eigenvalue weighted by molar-refractivity contribution is 7.90. The van der Waals surface area contributed by atoms with Crippen molar-refractivity contribution in [2.75, 3.05) is 117 Å². The van der Waals surface area contributed by atoms with E-state index in [1.807, 2.05) is 68.3 Å². The number of aliphatic imine (C=N–C) groups is 2. The van der Waals surface area contributed by atoms with Gasteiger partial charge in [0.25, 0.3) is 0 Å². The van der Waals surface area contributed by atoms with Gasteiger partial charge < -0.3 is 67.4 Å². The Morgan fingerprint density at radius 3 is 1.24 bits per heavy atom. The number of cyclic esters (lactones) is 2. The van der Waals surface area contributed by atoms with Crippen LogP contribution in [0.2, 0.25) is 0 Å². The number of alkyl carbamates (subject to hydrolysis) is 4. The van der Waals surface area contributed by atoms with Crippen LogP contribution in [0, 0.1) is 10.8 Å². The largest absolute Gasteiger partial charge is 0.508 e. The maximum absolute atomic E-state index is 13.1. The van der Waals surface area contributed by atoms with Gasteiger partial charge >= 0.3 is 48.6 Å². The van der Waals surface area contributed by atoms with E-state index < -0.39 is 115 Å². The van der Waals surface area contributed by atoms with Crippen LogP contribution in [0.5, 0.6) is 0 Å². The van der Waals surface area contributed by atoms with Crippen LogP contribution in [0.15, 0.2) is 92.6 Å². The molecule has 4 amide bonds. The first-order valence-corrected chi connectivity index (χ1v) is 34.7. The van der Waals surface area contributed by atoms with Gasteiger partial charge in [-0.2, -0.15) is 0 Å². The van der Waals surface area contributed by atoms with Crippen LogP contribution < -0.4 is 40.5 Å². The number of benzene rings is 4. The number of carbonyl (C=O) groups is 8. The lowest BCUT2D eigenvalue weighted by molar-refractivity contribution is -0.165. The number of aliphatic hydroxyl groups excluding tert-OH is 2. The van der Waals surface area contributed by atoms with Crippen molar-refractivity contribution in [3.63, 3.8) is 0 Å². The molecule has 1 fully saturated rings. The first kappa shape index (κ1) is 86.9. The molecule has 0 saturated carbocycles. The second kappa shape index (κ2) is 38.1. The number of esters is 2. The van der Waals surface area contributed by atoms with Crippen molar-refractivity contribution in [1.82, 2.24) is 30.7 Å². The number of nitrogens with one attached hydrogen (secondary N) is 6. The molecule has 5 rings (SSSR count). The molecule has 4 aromatic carbocycles. The molecular weight excluding hydrogens is 1380 g/mol. The molecule has 102 heavy (non-hydrogen) atoms. The number of anilines is 2. The summed E-state index contributed by atoms with van der Waals surface area (Å²) in [6, 6.07) is 21.0. The second-order valence-corrected chi connectivity index (χ2v) is 30.8. The number of rotatable bonds is 22. The van der Waals surface area contributed by atoms with Gasteiger partial charge in [0.2, 0.25) is 32.0 Å². The molecular formula is C66H98N10O24S2. The van der Waals surface area contributed by atoms with Crippen LogP contribution >= 0.6 is 0 Å². The van der Waals surface area contributed by atoms with Crippen molar-refractivity contribution in [3.8, 4) is 0 Å². The number of fused-ring (bicyclic) bond motifs is 2. The summed E-state index contributed by atoms with van der Waals surface area (Å²) in [7, 11) is -0.0578. The third-order valence-electron chi connectivity index (χ3n) is 12.8. The first-order valence-electron chi connectivity index (χ1n) is 31.8. The van der Waals surface area contributed by atoms with Crippen LogP contribution in [0.4, 0.5) is 40.1 Å². The quantitative estimate of drug-likeness (QED) is 0.0136. The van der Waals surface area contributed by atoms with E-state index in [4.69, 9.17) is 52.5 Å². The van der Waals surface area contributed by atoms with E-state index in [-0.39, 0.29) is 87.5 Å². The first-order chi connectivity index (χ1) is 47.1. The van der Waals surface area contributed by atoms with Gasteiger partial charge in [-0.3, -0.25) is 30.9 Å². The van der Waals surface area contributed by atoms with Gasteiger partial charge in [0.15, 0.2) is 0 Å². The Bertz CT molecular complexity index is 3780. The number of guanidine groups is 2. The summed E-state index contributed by atoms with van der Waals surface area (Å²) in [5, 5.41) is 30.7. The Kier molecular flexibility index (Phi) is 32.4. The molecule has 8 N–H and O–H groups in total. The third kappa shape index (κ3) is 30.5. The monoisotopic (exact) mass is 1480 g/mol. The van der Waals surface area contributed by atoms with E-state index in [9.17, 15) is 60.3 Å². The summed E-state index contributed by atoms with van der Waals surface area (Å²) < 4.78 is 106. The molecule has 568 valence electrons. The summed E-state index contributed by atoms with van der Waals surface area (Å²) in [6.07, 6.45) is -5.56. The topological polar surface area (TPSA) is 441 Å². The van der Waals surface area contributed by atoms with Crippen molar-refractivity contribution in [1.29, 1.82) is 0 Å². The van der Waals surface area contributed by atoms with Gasteiger partial charge in [-0.05, 0) is 121 Å². The van der Waals surface area contributed by atoms with Crippen LogP contribution in [0.1, 0.15) is 96.9 Å². The number of ether oxygens (including phenoxy) is 10. The minimum Gasteiger partial charge on any atom is -0.463 e. The van der Waals surface area contributed by atoms with Gasteiger partial charge in [0.1, 0.15) is 72.9 Å². The third-order valence-corrected chi connectivity index (χ3v) is 15.8. The highest BCUT2D eigenvalue weighted by Gasteiger charge is 2.42. The lowest BCUT2D eigenvalue weighted by Gasteiger charge is -2.29. The minimum atomic E-state index is -3.98. The summed E-state index contributed by atoms with van der Waals surface area (Å²) in [6.45, 7) is 19.3. The van der Waals surface area contributed by atoms with Crippen LogP contribution in [-0.4, -0.2) is 217 Å². The Morgan fingerprint density at radius 2 is 0.873 bits per heavy atom. The van der Waals surface area contributed by atoms with E-state index in [1.54, 1.807) is 119 Å². The Morgan fingerprint density at radius 1 is 0.510 bits per heavy atom. The molecule has 1 saturated heterocycles. The molecule has 1 atom stereocenters. The summed E-state index contributed by atoms with van der Waals surface area (Å²) in [4.78, 5) is 109. The molecule has 0 aromatic heterocycles.